The molecule has 1 atom stereocenters. The lowest BCUT2D eigenvalue weighted by Crippen LogP contribution is -2.31. The molecule has 0 unspecified atom stereocenters. The number of carbonyl (C=O) groups excluding carboxylic acids is 1. The number of rotatable bonds is 2. The summed E-state index contributed by atoms with van der Waals surface area (Å²) < 4.78 is 1.83. The lowest BCUT2D eigenvalue weighted by Gasteiger charge is -2.16. The summed E-state index contributed by atoms with van der Waals surface area (Å²) >= 11 is 5.88. The Kier molecular flexibility index (Phi) is 3.21. The molecule has 16 heavy (non-hydrogen) atoms. The molecule has 5 heteroatoms. The Morgan fingerprint density at radius 1 is 1.69 bits per heavy atom. The van der Waals surface area contributed by atoms with Gasteiger partial charge in [-0.05, 0) is 19.4 Å². The molecule has 0 aromatic carbocycles. The monoisotopic (exact) mass is 242 g/mol. The van der Waals surface area contributed by atoms with Gasteiger partial charge in [0.1, 0.15) is 5.69 Å². The lowest BCUT2D eigenvalue weighted by atomic mass is 10.3. The van der Waals surface area contributed by atoms with Crippen molar-refractivity contribution in [1.29, 1.82) is 0 Å². The molecule has 0 bridgehead atoms. The first-order valence-corrected chi connectivity index (χ1v) is 5.82. The SMILES string of the molecule is CCn1cc(Cl)cc1C(=O)N1CC[C@H](O)C1. The second-order valence-electron chi connectivity index (χ2n) is 4.02. The standard InChI is InChI=1S/C11H15ClN2O2/c1-2-13-6-8(12)5-10(13)11(16)14-4-3-9(15)7-14/h5-6,9,15H,2-4,7H2,1H3/t9-/m0/s1. The number of amides is 1. The van der Waals surface area contributed by atoms with Gasteiger partial charge in [0.15, 0.2) is 0 Å². The van der Waals surface area contributed by atoms with Crippen molar-refractivity contribution in [3.05, 3.63) is 23.0 Å². The molecule has 1 N–H and O–H groups in total. The van der Waals surface area contributed by atoms with Crippen LogP contribution in [0.2, 0.25) is 5.02 Å². The van der Waals surface area contributed by atoms with Gasteiger partial charge in [0.05, 0.1) is 11.1 Å². The predicted molar refractivity (Wildman–Crippen MR) is 61.6 cm³/mol. The van der Waals surface area contributed by atoms with E-state index in [1.165, 1.54) is 0 Å². The van der Waals surface area contributed by atoms with Crippen LogP contribution in [-0.2, 0) is 6.54 Å². The topological polar surface area (TPSA) is 45.5 Å². The van der Waals surface area contributed by atoms with E-state index in [0.29, 0.717) is 36.8 Å². The zero-order chi connectivity index (χ0) is 11.7. The van der Waals surface area contributed by atoms with Crippen LogP contribution in [0.4, 0.5) is 0 Å². The van der Waals surface area contributed by atoms with Crippen molar-refractivity contribution in [2.24, 2.45) is 0 Å². The van der Waals surface area contributed by atoms with Gasteiger partial charge in [-0.1, -0.05) is 11.6 Å². The Balaban J connectivity index is 2.20. The quantitative estimate of drug-likeness (QED) is 0.852. The fourth-order valence-corrected chi connectivity index (χ4v) is 2.22. The van der Waals surface area contributed by atoms with E-state index in [-0.39, 0.29) is 12.0 Å². The summed E-state index contributed by atoms with van der Waals surface area (Å²) in [6, 6.07) is 1.68. The van der Waals surface area contributed by atoms with E-state index in [2.05, 4.69) is 0 Å². The van der Waals surface area contributed by atoms with Crippen LogP contribution in [0.1, 0.15) is 23.8 Å². The maximum absolute atomic E-state index is 12.1. The first-order chi connectivity index (χ1) is 7.61. The maximum atomic E-state index is 12.1. The highest BCUT2D eigenvalue weighted by Crippen LogP contribution is 2.18. The van der Waals surface area contributed by atoms with Crippen LogP contribution in [0.3, 0.4) is 0 Å². The van der Waals surface area contributed by atoms with Gasteiger partial charge in [-0.25, -0.2) is 0 Å². The Morgan fingerprint density at radius 3 is 3.00 bits per heavy atom. The molecule has 1 saturated heterocycles. The summed E-state index contributed by atoms with van der Waals surface area (Å²) in [4.78, 5) is 13.8. The number of aliphatic hydroxyl groups is 1. The van der Waals surface area contributed by atoms with Gasteiger partial charge in [-0.3, -0.25) is 4.79 Å². The summed E-state index contributed by atoms with van der Waals surface area (Å²) in [6.07, 6.45) is 2.03. The zero-order valence-corrected chi connectivity index (χ0v) is 9.94. The molecule has 1 fully saturated rings. The predicted octanol–water partition coefficient (Wildman–Crippen LogP) is 1.37. The van der Waals surface area contributed by atoms with Gasteiger partial charge < -0.3 is 14.6 Å². The molecule has 1 amide bonds. The molecule has 1 aliphatic heterocycles. The van der Waals surface area contributed by atoms with Gasteiger partial charge >= 0.3 is 0 Å². The van der Waals surface area contributed by atoms with E-state index in [9.17, 15) is 9.90 Å². The average Bonchev–Trinajstić information content (AvgIpc) is 2.83. The molecule has 1 aliphatic rings. The summed E-state index contributed by atoms with van der Waals surface area (Å²) in [7, 11) is 0. The number of likely N-dealkylation sites (tertiary alicyclic amines) is 1. The highest BCUT2D eigenvalue weighted by atomic mass is 35.5. The van der Waals surface area contributed by atoms with Crippen molar-refractivity contribution in [3.63, 3.8) is 0 Å². The van der Waals surface area contributed by atoms with Gasteiger partial charge in [-0.15, -0.1) is 0 Å². The maximum Gasteiger partial charge on any atom is 0.270 e. The van der Waals surface area contributed by atoms with Gasteiger partial charge in [0, 0.05) is 25.8 Å². The van der Waals surface area contributed by atoms with E-state index in [4.69, 9.17) is 11.6 Å². The number of halogens is 1. The van der Waals surface area contributed by atoms with Crippen LogP contribution in [0, 0.1) is 0 Å². The molecule has 0 aliphatic carbocycles. The van der Waals surface area contributed by atoms with E-state index >= 15 is 0 Å². The summed E-state index contributed by atoms with van der Waals surface area (Å²) in [5, 5.41) is 9.97. The van der Waals surface area contributed by atoms with E-state index in [0.717, 1.165) is 0 Å². The molecule has 4 nitrogen and oxygen atoms in total. The largest absolute Gasteiger partial charge is 0.391 e. The summed E-state index contributed by atoms with van der Waals surface area (Å²) in [5.74, 6) is -0.0506. The molecule has 1 aromatic heterocycles. The van der Waals surface area contributed by atoms with Crippen molar-refractivity contribution in [2.75, 3.05) is 13.1 Å². The lowest BCUT2D eigenvalue weighted by molar-refractivity contribution is 0.0754. The number of aromatic nitrogens is 1. The fraction of sp³-hybridized carbons (Fsp3) is 0.545. The first-order valence-electron chi connectivity index (χ1n) is 5.45. The third-order valence-corrected chi connectivity index (χ3v) is 3.08. The van der Waals surface area contributed by atoms with Crippen LogP contribution in [0.5, 0.6) is 0 Å². The summed E-state index contributed by atoms with van der Waals surface area (Å²) in [6.45, 7) is 3.72. The molecule has 0 spiro atoms. The smallest absolute Gasteiger partial charge is 0.270 e. The van der Waals surface area contributed by atoms with Crippen molar-refractivity contribution >= 4 is 17.5 Å². The van der Waals surface area contributed by atoms with Crippen LogP contribution in [0.15, 0.2) is 12.3 Å². The Bertz CT molecular complexity index is 403. The number of β-amino-alcohol motifs (C(OH)–C–C–N with tert-alkyl or cyclic N) is 1. The van der Waals surface area contributed by atoms with Gasteiger partial charge in [-0.2, -0.15) is 0 Å². The van der Waals surface area contributed by atoms with Crippen molar-refractivity contribution < 1.29 is 9.90 Å². The minimum Gasteiger partial charge on any atom is -0.391 e. The fourth-order valence-electron chi connectivity index (χ4n) is 2.00. The Hall–Kier alpha value is -1.00. The highest BCUT2D eigenvalue weighted by Gasteiger charge is 2.27. The van der Waals surface area contributed by atoms with Crippen molar-refractivity contribution in [2.45, 2.75) is 26.0 Å². The third-order valence-electron chi connectivity index (χ3n) is 2.87. The van der Waals surface area contributed by atoms with Crippen LogP contribution >= 0.6 is 11.6 Å². The minimum atomic E-state index is -0.385. The number of aliphatic hydroxyl groups excluding tert-OH is 1. The van der Waals surface area contributed by atoms with Crippen LogP contribution in [0.25, 0.3) is 0 Å². The number of nitrogens with zero attached hydrogens (tertiary/aromatic N) is 2. The minimum absolute atomic E-state index is 0.0506. The molecule has 2 heterocycles. The van der Waals surface area contributed by atoms with E-state index in [1.54, 1.807) is 17.2 Å². The van der Waals surface area contributed by atoms with Crippen molar-refractivity contribution in [1.82, 2.24) is 9.47 Å². The van der Waals surface area contributed by atoms with E-state index in [1.807, 2.05) is 11.5 Å². The van der Waals surface area contributed by atoms with Gasteiger partial charge in [0.25, 0.3) is 5.91 Å². The second kappa shape index (κ2) is 4.47. The molecule has 2 rings (SSSR count). The summed E-state index contributed by atoms with van der Waals surface area (Å²) in [5.41, 5.74) is 0.599. The molecular weight excluding hydrogens is 228 g/mol. The average molecular weight is 243 g/mol. The molecule has 1 aromatic rings. The van der Waals surface area contributed by atoms with Crippen molar-refractivity contribution in [3.8, 4) is 0 Å². The number of hydrogen-bond acceptors (Lipinski definition) is 2. The number of hydrogen-bond donors (Lipinski definition) is 1. The first kappa shape index (κ1) is 11.5. The van der Waals surface area contributed by atoms with Crippen LogP contribution < -0.4 is 0 Å². The third kappa shape index (κ3) is 2.08. The normalized spacial score (nSPS) is 20.4. The molecule has 0 radical (unpaired) electrons. The van der Waals surface area contributed by atoms with Gasteiger partial charge in [0.2, 0.25) is 0 Å². The second-order valence-corrected chi connectivity index (χ2v) is 4.46. The Morgan fingerprint density at radius 2 is 2.44 bits per heavy atom. The molecule has 0 saturated carbocycles. The van der Waals surface area contributed by atoms with E-state index < -0.39 is 0 Å². The molecular formula is C11H15ClN2O2. The zero-order valence-electron chi connectivity index (χ0n) is 9.19. The molecule has 88 valence electrons. The highest BCUT2D eigenvalue weighted by molar-refractivity contribution is 6.31. The number of carbonyl (C=O) groups is 1. The number of aryl methyl sites for hydroxylation is 1. The van der Waals surface area contributed by atoms with Crippen LogP contribution in [-0.4, -0.2) is 39.7 Å². The Labute approximate surface area is 99.4 Å².